The van der Waals surface area contributed by atoms with Crippen LogP contribution in [0.3, 0.4) is 0 Å². The van der Waals surface area contributed by atoms with Gasteiger partial charge >= 0.3 is 0 Å². The molecule has 1 saturated carbocycles. The molecular weight excluding hydrogens is 268 g/mol. The van der Waals surface area contributed by atoms with E-state index in [-0.39, 0.29) is 0 Å². The fourth-order valence-electron chi connectivity index (χ4n) is 2.53. The van der Waals surface area contributed by atoms with Crippen molar-refractivity contribution in [2.45, 2.75) is 39.3 Å². The summed E-state index contributed by atoms with van der Waals surface area (Å²) >= 11 is 5.07. The van der Waals surface area contributed by atoms with Gasteiger partial charge in [-0.2, -0.15) is 0 Å². The second kappa shape index (κ2) is 6.55. The Hall–Kier alpha value is -1.13. The van der Waals surface area contributed by atoms with Crippen LogP contribution < -0.4 is 10.5 Å². The van der Waals surface area contributed by atoms with Crippen molar-refractivity contribution in [1.82, 2.24) is 4.90 Å². The third kappa shape index (κ3) is 3.93. The number of nitrogens with two attached hydrogens (primary N) is 1. The molecule has 0 aromatic heterocycles. The summed E-state index contributed by atoms with van der Waals surface area (Å²) in [7, 11) is 1.71. The van der Waals surface area contributed by atoms with E-state index in [1.54, 1.807) is 7.11 Å². The highest BCUT2D eigenvalue weighted by Gasteiger charge is 2.29. The van der Waals surface area contributed by atoms with Gasteiger partial charge in [-0.3, -0.25) is 4.90 Å². The van der Waals surface area contributed by atoms with Gasteiger partial charge in [0.05, 0.1) is 7.11 Å². The highest BCUT2D eigenvalue weighted by molar-refractivity contribution is 7.80. The Labute approximate surface area is 127 Å². The van der Waals surface area contributed by atoms with Crippen molar-refractivity contribution in [3.05, 3.63) is 29.3 Å². The average molecular weight is 292 g/mol. The molecule has 2 N–H and O–H groups in total. The molecule has 20 heavy (non-hydrogen) atoms. The molecule has 1 aromatic rings. The van der Waals surface area contributed by atoms with Crippen LogP contribution in [0.15, 0.2) is 18.2 Å². The molecule has 0 heterocycles. The molecule has 0 spiro atoms. The summed E-state index contributed by atoms with van der Waals surface area (Å²) in [6.07, 6.45) is 2.62. The molecular formula is C16H24N2OS. The van der Waals surface area contributed by atoms with Crippen LogP contribution in [-0.2, 0) is 6.54 Å². The van der Waals surface area contributed by atoms with Gasteiger partial charge in [-0.05, 0) is 37.0 Å². The normalized spacial score (nSPS) is 14.8. The minimum Gasteiger partial charge on any atom is -0.496 e. The maximum absolute atomic E-state index is 5.73. The molecule has 0 atom stereocenters. The quantitative estimate of drug-likeness (QED) is 0.784. The zero-order chi connectivity index (χ0) is 14.7. The van der Waals surface area contributed by atoms with Gasteiger partial charge in [0.15, 0.2) is 0 Å². The maximum atomic E-state index is 5.73. The van der Waals surface area contributed by atoms with E-state index in [1.807, 2.05) is 12.1 Å². The zero-order valence-corrected chi connectivity index (χ0v) is 13.4. The van der Waals surface area contributed by atoms with Gasteiger partial charge in [0, 0.05) is 30.3 Å². The number of nitrogens with zero attached hydrogens (tertiary/aromatic N) is 1. The maximum Gasteiger partial charge on any atom is 0.123 e. The van der Waals surface area contributed by atoms with Crippen LogP contribution >= 0.6 is 12.2 Å². The monoisotopic (exact) mass is 292 g/mol. The Morgan fingerprint density at radius 3 is 2.65 bits per heavy atom. The molecule has 0 unspecified atom stereocenters. The minimum absolute atomic E-state index is 0.440. The molecule has 0 bridgehead atoms. The molecule has 0 radical (unpaired) electrons. The molecule has 2 rings (SSSR count). The first kappa shape index (κ1) is 15.3. The Balaban J connectivity index is 2.20. The number of methoxy groups -OCH3 is 1. The SMILES string of the molecule is COc1ccc(C(N)=S)cc1CN(CC(C)C)C1CC1. The summed E-state index contributed by atoms with van der Waals surface area (Å²) in [6.45, 7) is 6.55. The predicted octanol–water partition coefficient (Wildman–Crippen LogP) is 2.95. The third-order valence-electron chi connectivity index (χ3n) is 3.60. The lowest BCUT2D eigenvalue weighted by atomic mass is 10.1. The first-order valence-corrected chi connectivity index (χ1v) is 7.63. The number of hydrogen-bond acceptors (Lipinski definition) is 3. The Morgan fingerprint density at radius 2 is 2.15 bits per heavy atom. The van der Waals surface area contributed by atoms with Gasteiger partial charge in [0.1, 0.15) is 10.7 Å². The Morgan fingerprint density at radius 1 is 1.45 bits per heavy atom. The van der Waals surface area contributed by atoms with Gasteiger partial charge < -0.3 is 10.5 Å². The number of ether oxygens (including phenoxy) is 1. The smallest absolute Gasteiger partial charge is 0.123 e. The molecule has 0 aliphatic heterocycles. The molecule has 1 aliphatic rings. The molecule has 3 nitrogen and oxygen atoms in total. The first-order valence-electron chi connectivity index (χ1n) is 7.22. The molecule has 1 aliphatic carbocycles. The van der Waals surface area contributed by atoms with E-state index < -0.39 is 0 Å². The van der Waals surface area contributed by atoms with E-state index in [9.17, 15) is 0 Å². The minimum atomic E-state index is 0.440. The van der Waals surface area contributed by atoms with Crippen molar-refractivity contribution < 1.29 is 4.74 Å². The van der Waals surface area contributed by atoms with Crippen LogP contribution in [0, 0.1) is 5.92 Å². The summed E-state index contributed by atoms with van der Waals surface area (Å²) in [6, 6.07) is 6.69. The number of hydrogen-bond donors (Lipinski definition) is 1. The second-order valence-corrected chi connectivity index (χ2v) is 6.39. The average Bonchev–Trinajstić information content (AvgIpc) is 3.21. The standard InChI is InChI=1S/C16H24N2OS/c1-11(2)9-18(14-5-6-14)10-13-8-12(16(17)20)4-7-15(13)19-3/h4,7-8,11,14H,5-6,9-10H2,1-3H3,(H2,17,20). The highest BCUT2D eigenvalue weighted by Crippen LogP contribution is 2.31. The van der Waals surface area contributed by atoms with Gasteiger partial charge in [-0.15, -0.1) is 0 Å². The first-order chi connectivity index (χ1) is 9.51. The van der Waals surface area contributed by atoms with Crippen LogP contribution in [0.4, 0.5) is 0 Å². The van der Waals surface area contributed by atoms with Crippen LogP contribution in [-0.4, -0.2) is 29.6 Å². The molecule has 4 heteroatoms. The lowest BCUT2D eigenvalue weighted by Gasteiger charge is -2.25. The van der Waals surface area contributed by atoms with Crippen molar-refractivity contribution in [2.75, 3.05) is 13.7 Å². The van der Waals surface area contributed by atoms with Crippen molar-refractivity contribution in [3.8, 4) is 5.75 Å². The molecule has 110 valence electrons. The van der Waals surface area contributed by atoms with Crippen molar-refractivity contribution in [2.24, 2.45) is 11.7 Å². The summed E-state index contributed by atoms with van der Waals surface area (Å²) in [5, 5.41) is 0. The van der Waals surface area contributed by atoms with Crippen molar-refractivity contribution in [1.29, 1.82) is 0 Å². The number of rotatable bonds is 7. The van der Waals surface area contributed by atoms with Gasteiger partial charge in [0.25, 0.3) is 0 Å². The predicted molar refractivity (Wildman–Crippen MR) is 87.2 cm³/mol. The van der Waals surface area contributed by atoms with Crippen LogP contribution in [0.25, 0.3) is 0 Å². The number of benzene rings is 1. The molecule has 0 amide bonds. The zero-order valence-electron chi connectivity index (χ0n) is 12.6. The van der Waals surface area contributed by atoms with E-state index in [2.05, 4.69) is 24.8 Å². The fourth-order valence-corrected chi connectivity index (χ4v) is 2.65. The van der Waals surface area contributed by atoms with Gasteiger partial charge in [-0.1, -0.05) is 26.1 Å². The molecule has 1 fully saturated rings. The largest absolute Gasteiger partial charge is 0.496 e. The second-order valence-electron chi connectivity index (χ2n) is 5.95. The summed E-state index contributed by atoms with van der Waals surface area (Å²) in [5.41, 5.74) is 7.82. The fraction of sp³-hybridized carbons (Fsp3) is 0.562. The lowest BCUT2D eigenvalue weighted by Crippen LogP contribution is -2.29. The van der Waals surface area contributed by atoms with E-state index >= 15 is 0 Å². The van der Waals surface area contributed by atoms with E-state index in [4.69, 9.17) is 22.7 Å². The highest BCUT2D eigenvalue weighted by atomic mass is 32.1. The Kier molecular flexibility index (Phi) is 5.00. The third-order valence-corrected chi connectivity index (χ3v) is 3.84. The summed E-state index contributed by atoms with van der Waals surface area (Å²) in [5.74, 6) is 1.58. The topological polar surface area (TPSA) is 38.5 Å². The summed E-state index contributed by atoms with van der Waals surface area (Å²) in [4.78, 5) is 2.99. The summed E-state index contributed by atoms with van der Waals surface area (Å²) < 4.78 is 5.48. The van der Waals surface area contributed by atoms with Crippen molar-refractivity contribution in [3.63, 3.8) is 0 Å². The molecule has 1 aromatic carbocycles. The number of thiocarbonyl (C=S) groups is 1. The Bertz CT molecular complexity index is 483. The lowest BCUT2D eigenvalue weighted by molar-refractivity contribution is 0.223. The van der Waals surface area contributed by atoms with E-state index in [0.717, 1.165) is 30.4 Å². The van der Waals surface area contributed by atoms with Crippen LogP contribution in [0.1, 0.15) is 37.8 Å². The van der Waals surface area contributed by atoms with E-state index in [1.165, 1.54) is 18.4 Å². The van der Waals surface area contributed by atoms with E-state index in [0.29, 0.717) is 10.9 Å². The van der Waals surface area contributed by atoms with Crippen LogP contribution in [0.5, 0.6) is 5.75 Å². The van der Waals surface area contributed by atoms with Gasteiger partial charge in [0.2, 0.25) is 0 Å². The van der Waals surface area contributed by atoms with Crippen molar-refractivity contribution >= 4 is 17.2 Å². The van der Waals surface area contributed by atoms with Gasteiger partial charge in [-0.25, -0.2) is 0 Å². The molecule has 0 saturated heterocycles. The van der Waals surface area contributed by atoms with Crippen LogP contribution in [0.2, 0.25) is 0 Å².